The molecule has 0 amide bonds. The molecule has 1 saturated heterocycles. The molecule has 0 unspecified atom stereocenters. The summed E-state index contributed by atoms with van der Waals surface area (Å²) in [5.41, 5.74) is 0.344. The molecule has 0 radical (unpaired) electrons. The number of piperazine rings is 1. The fraction of sp³-hybridized carbons (Fsp3) is 0.867. The fourth-order valence-corrected chi connectivity index (χ4v) is 3.83. The Bertz CT molecular complexity index is 460. The summed E-state index contributed by atoms with van der Waals surface area (Å²) in [6, 6.07) is 0. The molecule has 1 spiro atoms. The van der Waals surface area contributed by atoms with Crippen LogP contribution in [0.4, 0.5) is 0 Å². The molecule has 0 bridgehead atoms. The molecule has 1 aliphatic heterocycles. The van der Waals surface area contributed by atoms with Crippen LogP contribution in [0.3, 0.4) is 0 Å². The van der Waals surface area contributed by atoms with Gasteiger partial charge in [-0.05, 0) is 25.7 Å². The quantitative estimate of drug-likeness (QED) is 0.929. The van der Waals surface area contributed by atoms with E-state index in [0.717, 1.165) is 37.9 Å². The molecule has 21 heavy (non-hydrogen) atoms. The molecular formula is C15H25ClN4O. The highest BCUT2D eigenvalue weighted by atomic mass is 35.5. The van der Waals surface area contributed by atoms with Crippen molar-refractivity contribution in [2.24, 2.45) is 0 Å². The first kappa shape index (κ1) is 15.3. The van der Waals surface area contributed by atoms with Crippen LogP contribution in [-0.4, -0.2) is 40.2 Å². The number of aromatic nitrogens is 2. The van der Waals surface area contributed by atoms with Crippen molar-refractivity contribution in [3.63, 3.8) is 0 Å². The Morgan fingerprint density at radius 3 is 2.81 bits per heavy atom. The molecule has 4 rings (SSSR count). The summed E-state index contributed by atoms with van der Waals surface area (Å²) in [5.74, 6) is 2.31. The molecule has 2 heterocycles. The number of rotatable bonds is 3. The van der Waals surface area contributed by atoms with Gasteiger partial charge < -0.3 is 9.84 Å². The summed E-state index contributed by atoms with van der Waals surface area (Å²) in [7, 11) is 0. The van der Waals surface area contributed by atoms with E-state index in [1.54, 1.807) is 0 Å². The van der Waals surface area contributed by atoms with Gasteiger partial charge in [0, 0.05) is 31.1 Å². The van der Waals surface area contributed by atoms with Crippen LogP contribution in [0.15, 0.2) is 4.52 Å². The second-order valence-corrected chi connectivity index (χ2v) is 6.71. The zero-order chi connectivity index (χ0) is 13.4. The van der Waals surface area contributed by atoms with E-state index in [9.17, 15) is 0 Å². The van der Waals surface area contributed by atoms with Gasteiger partial charge >= 0.3 is 0 Å². The van der Waals surface area contributed by atoms with Gasteiger partial charge in [0.05, 0.1) is 6.54 Å². The van der Waals surface area contributed by atoms with Crippen LogP contribution in [0.2, 0.25) is 0 Å². The summed E-state index contributed by atoms with van der Waals surface area (Å²) in [4.78, 5) is 7.22. The van der Waals surface area contributed by atoms with Gasteiger partial charge in [-0.15, -0.1) is 12.4 Å². The van der Waals surface area contributed by atoms with Crippen molar-refractivity contribution in [1.29, 1.82) is 0 Å². The third-order valence-corrected chi connectivity index (χ3v) is 5.21. The van der Waals surface area contributed by atoms with Crippen LogP contribution in [0, 0.1) is 0 Å². The van der Waals surface area contributed by atoms with E-state index in [1.165, 1.54) is 44.9 Å². The average Bonchev–Trinajstić information content (AvgIpc) is 3.23. The highest BCUT2D eigenvalue weighted by Gasteiger charge is 2.40. The van der Waals surface area contributed by atoms with E-state index in [2.05, 4.69) is 20.4 Å². The van der Waals surface area contributed by atoms with Crippen molar-refractivity contribution in [2.45, 2.75) is 62.9 Å². The smallest absolute Gasteiger partial charge is 0.229 e. The molecule has 3 fully saturated rings. The molecule has 1 aromatic heterocycles. The Morgan fingerprint density at radius 1 is 1.24 bits per heavy atom. The number of hydrogen-bond acceptors (Lipinski definition) is 5. The summed E-state index contributed by atoms with van der Waals surface area (Å²) >= 11 is 0. The lowest BCUT2D eigenvalue weighted by Gasteiger charge is -2.49. The Labute approximate surface area is 132 Å². The predicted molar refractivity (Wildman–Crippen MR) is 82.6 cm³/mol. The number of nitrogens with one attached hydrogen (secondary N) is 1. The SMILES string of the molecule is C1CCC2(CC1)CNCCN2Cc1noc(C2CC2)n1.Cl. The van der Waals surface area contributed by atoms with Crippen LogP contribution < -0.4 is 5.32 Å². The highest BCUT2D eigenvalue weighted by molar-refractivity contribution is 5.85. The molecule has 0 atom stereocenters. The largest absolute Gasteiger partial charge is 0.339 e. The van der Waals surface area contributed by atoms with E-state index in [-0.39, 0.29) is 12.4 Å². The first-order chi connectivity index (χ1) is 9.86. The van der Waals surface area contributed by atoms with Crippen LogP contribution in [-0.2, 0) is 6.54 Å². The minimum Gasteiger partial charge on any atom is -0.339 e. The van der Waals surface area contributed by atoms with Crippen LogP contribution in [0.5, 0.6) is 0 Å². The highest BCUT2D eigenvalue weighted by Crippen LogP contribution is 2.39. The fourth-order valence-electron chi connectivity index (χ4n) is 3.83. The Balaban J connectivity index is 0.00000132. The molecule has 6 heteroatoms. The third kappa shape index (κ3) is 3.10. The molecule has 5 nitrogen and oxygen atoms in total. The molecule has 2 saturated carbocycles. The average molecular weight is 313 g/mol. The molecule has 3 aliphatic rings. The van der Waals surface area contributed by atoms with Crippen molar-refractivity contribution in [3.8, 4) is 0 Å². The van der Waals surface area contributed by atoms with Gasteiger partial charge in [-0.1, -0.05) is 24.4 Å². The van der Waals surface area contributed by atoms with Gasteiger partial charge in [0.25, 0.3) is 0 Å². The maximum atomic E-state index is 5.40. The normalized spacial score (nSPS) is 25.7. The molecule has 1 N–H and O–H groups in total. The predicted octanol–water partition coefficient (Wildman–Crippen LogP) is 2.48. The van der Waals surface area contributed by atoms with Crippen molar-refractivity contribution >= 4 is 12.4 Å². The minimum atomic E-state index is 0. The van der Waals surface area contributed by atoms with Gasteiger partial charge in [-0.25, -0.2) is 0 Å². The van der Waals surface area contributed by atoms with E-state index in [0.29, 0.717) is 11.5 Å². The Kier molecular flexibility index (Phi) is 4.52. The summed E-state index contributed by atoms with van der Waals surface area (Å²) < 4.78 is 5.40. The van der Waals surface area contributed by atoms with E-state index in [1.807, 2.05) is 0 Å². The van der Waals surface area contributed by atoms with Gasteiger partial charge in [-0.2, -0.15) is 4.98 Å². The lowest BCUT2D eigenvalue weighted by atomic mass is 9.79. The second-order valence-electron chi connectivity index (χ2n) is 6.71. The van der Waals surface area contributed by atoms with Crippen LogP contribution in [0.1, 0.15) is 62.6 Å². The number of halogens is 1. The van der Waals surface area contributed by atoms with Crippen molar-refractivity contribution < 1.29 is 4.52 Å². The maximum Gasteiger partial charge on any atom is 0.229 e. The van der Waals surface area contributed by atoms with E-state index >= 15 is 0 Å². The van der Waals surface area contributed by atoms with Gasteiger partial charge in [0.15, 0.2) is 5.82 Å². The molecule has 1 aromatic rings. The standard InChI is InChI=1S/C15H24N4O.ClH/c1-2-6-15(7-3-1)11-16-8-9-19(15)10-13-17-14(20-18-13)12-4-5-12;/h12,16H,1-11H2;1H. The second kappa shape index (κ2) is 6.23. The summed E-state index contributed by atoms with van der Waals surface area (Å²) in [5, 5.41) is 7.79. The van der Waals surface area contributed by atoms with Gasteiger partial charge in [0.2, 0.25) is 5.89 Å². The number of nitrogens with zero attached hydrogens (tertiary/aromatic N) is 3. The van der Waals surface area contributed by atoms with E-state index < -0.39 is 0 Å². The van der Waals surface area contributed by atoms with Crippen LogP contribution >= 0.6 is 12.4 Å². The maximum absolute atomic E-state index is 5.40. The third-order valence-electron chi connectivity index (χ3n) is 5.21. The van der Waals surface area contributed by atoms with Crippen molar-refractivity contribution in [1.82, 2.24) is 20.4 Å². The number of hydrogen-bond donors (Lipinski definition) is 1. The molecule has 0 aromatic carbocycles. The first-order valence-corrected chi connectivity index (χ1v) is 8.14. The van der Waals surface area contributed by atoms with E-state index in [4.69, 9.17) is 4.52 Å². The lowest BCUT2D eigenvalue weighted by molar-refractivity contribution is 0.0184. The van der Waals surface area contributed by atoms with Crippen molar-refractivity contribution in [3.05, 3.63) is 11.7 Å². The summed E-state index contributed by atoms with van der Waals surface area (Å²) in [6.07, 6.45) is 9.18. The van der Waals surface area contributed by atoms with Gasteiger partial charge in [-0.3, -0.25) is 4.90 Å². The molecule has 118 valence electrons. The van der Waals surface area contributed by atoms with Crippen molar-refractivity contribution in [2.75, 3.05) is 19.6 Å². The minimum absolute atomic E-state index is 0. The topological polar surface area (TPSA) is 54.2 Å². The monoisotopic (exact) mass is 312 g/mol. The molecule has 2 aliphatic carbocycles. The lowest BCUT2D eigenvalue weighted by Crippen LogP contribution is -2.61. The zero-order valence-corrected chi connectivity index (χ0v) is 13.3. The summed E-state index contributed by atoms with van der Waals surface area (Å²) in [6.45, 7) is 4.17. The van der Waals surface area contributed by atoms with Gasteiger partial charge in [0.1, 0.15) is 0 Å². The zero-order valence-electron chi connectivity index (χ0n) is 12.5. The Hall–Kier alpha value is -0.650. The molecular weight excluding hydrogens is 288 g/mol. The Morgan fingerprint density at radius 2 is 2.05 bits per heavy atom. The first-order valence-electron chi connectivity index (χ1n) is 8.14. The van der Waals surface area contributed by atoms with Crippen LogP contribution in [0.25, 0.3) is 0 Å².